The fourth-order valence-electron chi connectivity index (χ4n) is 1.65. The molecule has 1 aromatic carbocycles. The van der Waals surface area contributed by atoms with Crippen molar-refractivity contribution in [3.8, 4) is 5.75 Å². The van der Waals surface area contributed by atoms with Gasteiger partial charge >= 0.3 is 0 Å². The Morgan fingerprint density at radius 3 is 2.71 bits per heavy atom. The number of halogens is 1. The Hall–Kier alpha value is -0.540. The highest BCUT2D eigenvalue weighted by Gasteiger charge is 2.07. The molecular weight excluding hydrogens is 278 g/mol. The fraction of sp³-hybridized carbons (Fsp3) is 0.571. The first-order valence-corrected chi connectivity index (χ1v) is 7.07. The van der Waals surface area contributed by atoms with Gasteiger partial charge in [-0.1, -0.05) is 41.8 Å². The summed E-state index contributed by atoms with van der Waals surface area (Å²) in [5, 5.41) is 3.23. The van der Waals surface area contributed by atoms with Gasteiger partial charge in [-0.3, -0.25) is 0 Å². The van der Waals surface area contributed by atoms with Crippen LogP contribution < -0.4 is 10.1 Å². The average Bonchev–Trinajstić information content (AvgIpc) is 2.34. The second-order valence-corrected chi connectivity index (χ2v) is 5.10. The minimum absolute atomic E-state index is 0.346. The largest absolute Gasteiger partial charge is 0.494 e. The van der Waals surface area contributed by atoms with Crippen LogP contribution in [0.3, 0.4) is 0 Å². The molecule has 0 spiro atoms. The van der Waals surface area contributed by atoms with E-state index in [9.17, 15) is 0 Å². The number of benzene rings is 1. The number of unbranched alkanes of at least 4 members (excludes halogenated alkanes) is 2. The van der Waals surface area contributed by atoms with Crippen LogP contribution in [0, 0.1) is 0 Å². The van der Waals surface area contributed by atoms with Crippen molar-refractivity contribution < 1.29 is 4.74 Å². The Bertz CT molecular complexity index is 341. The lowest BCUT2D eigenvalue weighted by Gasteiger charge is -2.14. The second kappa shape index (κ2) is 7.72. The third-order valence-electron chi connectivity index (χ3n) is 2.89. The van der Waals surface area contributed by atoms with Crippen LogP contribution in [0.2, 0.25) is 0 Å². The van der Waals surface area contributed by atoms with Gasteiger partial charge in [-0.2, -0.15) is 0 Å². The molecule has 0 amide bonds. The summed E-state index contributed by atoms with van der Waals surface area (Å²) in [5.74, 6) is 0.944. The maximum atomic E-state index is 5.71. The highest BCUT2D eigenvalue weighted by atomic mass is 79.9. The van der Waals surface area contributed by atoms with Gasteiger partial charge in [0.15, 0.2) is 0 Å². The van der Waals surface area contributed by atoms with E-state index >= 15 is 0 Å². The maximum Gasteiger partial charge on any atom is 0.120 e. The van der Waals surface area contributed by atoms with Crippen LogP contribution in [-0.4, -0.2) is 13.7 Å². The van der Waals surface area contributed by atoms with Crippen LogP contribution in [0.15, 0.2) is 22.7 Å². The Balaban J connectivity index is 2.56. The van der Waals surface area contributed by atoms with E-state index in [2.05, 4.69) is 47.2 Å². The molecule has 1 aromatic rings. The maximum absolute atomic E-state index is 5.71. The first-order chi connectivity index (χ1) is 8.19. The van der Waals surface area contributed by atoms with Crippen LogP contribution in [0.4, 0.5) is 0 Å². The van der Waals surface area contributed by atoms with Crippen molar-refractivity contribution in [2.45, 2.75) is 39.2 Å². The molecule has 0 aromatic heterocycles. The standard InChI is InChI=1S/C14H22BrNO/c1-4-5-6-9-17-12-7-8-13(11(2)16-3)14(15)10-12/h7-8,10-11,16H,4-6,9H2,1-3H3. The number of nitrogens with one attached hydrogen (secondary N) is 1. The smallest absolute Gasteiger partial charge is 0.120 e. The molecule has 1 rings (SSSR count). The zero-order valence-corrected chi connectivity index (χ0v) is 12.5. The van der Waals surface area contributed by atoms with E-state index in [1.807, 2.05) is 13.1 Å². The molecule has 0 fully saturated rings. The third-order valence-corrected chi connectivity index (χ3v) is 3.57. The van der Waals surface area contributed by atoms with Crippen LogP contribution in [0.25, 0.3) is 0 Å². The van der Waals surface area contributed by atoms with Gasteiger partial charge < -0.3 is 10.1 Å². The molecule has 0 radical (unpaired) electrons. The van der Waals surface area contributed by atoms with E-state index in [0.29, 0.717) is 6.04 Å². The van der Waals surface area contributed by atoms with Crippen molar-refractivity contribution in [1.82, 2.24) is 5.32 Å². The quantitative estimate of drug-likeness (QED) is 0.758. The molecule has 17 heavy (non-hydrogen) atoms. The summed E-state index contributed by atoms with van der Waals surface area (Å²) in [6.07, 6.45) is 3.59. The summed E-state index contributed by atoms with van der Waals surface area (Å²) in [4.78, 5) is 0. The molecule has 0 aliphatic carbocycles. The first kappa shape index (κ1) is 14.5. The van der Waals surface area contributed by atoms with E-state index < -0.39 is 0 Å². The summed E-state index contributed by atoms with van der Waals surface area (Å²) in [5.41, 5.74) is 1.26. The molecule has 1 unspecified atom stereocenters. The molecule has 0 bridgehead atoms. The van der Waals surface area contributed by atoms with Crippen molar-refractivity contribution >= 4 is 15.9 Å². The molecular formula is C14H22BrNO. The highest BCUT2D eigenvalue weighted by Crippen LogP contribution is 2.27. The Kier molecular flexibility index (Phi) is 6.60. The summed E-state index contributed by atoms with van der Waals surface area (Å²) in [7, 11) is 1.96. The van der Waals surface area contributed by atoms with Crippen LogP contribution in [-0.2, 0) is 0 Å². The predicted molar refractivity (Wildman–Crippen MR) is 76.6 cm³/mol. The van der Waals surface area contributed by atoms with Crippen molar-refractivity contribution in [1.29, 1.82) is 0 Å². The van der Waals surface area contributed by atoms with Gasteiger partial charge in [0.2, 0.25) is 0 Å². The van der Waals surface area contributed by atoms with Crippen LogP contribution >= 0.6 is 15.9 Å². The van der Waals surface area contributed by atoms with Gasteiger partial charge in [0.05, 0.1) is 6.61 Å². The zero-order chi connectivity index (χ0) is 12.7. The summed E-state index contributed by atoms with van der Waals surface area (Å²) < 4.78 is 6.81. The Morgan fingerprint density at radius 2 is 2.12 bits per heavy atom. The molecule has 1 N–H and O–H groups in total. The molecule has 0 saturated carbocycles. The molecule has 0 heterocycles. The highest BCUT2D eigenvalue weighted by molar-refractivity contribution is 9.10. The first-order valence-electron chi connectivity index (χ1n) is 6.28. The minimum atomic E-state index is 0.346. The van der Waals surface area contributed by atoms with E-state index in [4.69, 9.17) is 4.74 Å². The average molecular weight is 300 g/mol. The number of hydrogen-bond acceptors (Lipinski definition) is 2. The third kappa shape index (κ3) is 4.68. The summed E-state index contributed by atoms with van der Waals surface area (Å²) in [6.45, 7) is 5.15. The Morgan fingerprint density at radius 1 is 1.35 bits per heavy atom. The molecule has 1 atom stereocenters. The van der Waals surface area contributed by atoms with E-state index in [1.54, 1.807) is 0 Å². The van der Waals surface area contributed by atoms with Crippen molar-refractivity contribution in [2.75, 3.05) is 13.7 Å². The fourth-order valence-corrected chi connectivity index (χ4v) is 2.35. The monoisotopic (exact) mass is 299 g/mol. The lowest BCUT2D eigenvalue weighted by Crippen LogP contribution is -2.12. The number of hydrogen-bond donors (Lipinski definition) is 1. The zero-order valence-electron chi connectivity index (χ0n) is 10.9. The van der Waals surface area contributed by atoms with Gasteiger partial charge in [-0.05, 0) is 38.1 Å². The number of ether oxygens (including phenoxy) is 1. The molecule has 2 nitrogen and oxygen atoms in total. The summed E-state index contributed by atoms with van der Waals surface area (Å²) >= 11 is 3.59. The Labute approximate surface area is 113 Å². The SMILES string of the molecule is CCCCCOc1ccc(C(C)NC)c(Br)c1. The lowest BCUT2D eigenvalue weighted by molar-refractivity contribution is 0.306. The molecule has 0 aliphatic rings. The number of rotatable bonds is 7. The van der Waals surface area contributed by atoms with Gasteiger partial charge in [0, 0.05) is 10.5 Å². The van der Waals surface area contributed by atoms with Crippen molar-refractivity contribution in [3.05, 3.63) is 28.2 Å². The summed E-state index contributed by atoms with van der Waals surface area (Å²) in [6, 6.07) is 6.55. The second-order valence-electron chi connectivity index (χ2n) is 4.25. The van der Waals surface area contributed by atoms with Crippen molar-refractivity contribution in [2.24, 2.45) is 0 Å². The normalized spacial score (nSPS) is 12.5. The molecule has 0 saturated heterocycles. The van der Waals surface area contributed by atoms with Crippen LogP contribution in [0.1, 0.15) is 44.7 Å². The molecule has 3 heteroatoms. The van der Waals surface area contributed by atoms with E-state index in [0.717, 1.165) is 23.2 Å². The van der Waals surface area contributed by atoms with Gasteiger partial charge in [-0.25, -0.2) is 0 Å². The van der Waals surface area contributed by atoms with Gasteiger partial charge in [0.1, 0.15) is 5.75 Å². The van der Waals surface area contributed by atoms with Crippen molar-refractivity contribution in [3.63, 3.8) is 0 Å². The lowest BCUT2D eigenvalue weighted by atomic mass is 10.1. The van der Waals surface area contributed by atoms with Gasteiger partial charge in [0.25, 0.3) is 0 Å². The van der Waals surface area contributed by atoms with Gasteiger partial charge in [-0.15, -0.1) is 0 Å². The van der Waals surface area contributed by atoms with E-state index in [-0.39, 0.29) is 0 Å². The predicted octanol–water partition coefficient (Wildman–Crippen LogP) is 4.30. The minimum Gasteiger partial charge on any atom is -0.494 e. The van der Waals surface area contributed by atoms with E-state index in [1.165, 1.54) is 18.4 Å². The molecule has 96 valence electrons. The van der Waals surface area contributed by atoms with Crippen LogP contribution in [0.5, 0.6) is 5.75 Å². The molecule has 0 aliphatic heterocycles. The topological polar surface area (TPSA) is 21.3 Å².